The number of halogens is 3. The zero-order valence-corrected chi connectivity index (χ0v) is 18.1. The zero-order valence-electron chi connectivity index (χ0n) is 18.1. The molecule has 4 heterocycles. The van der Waals surface area contributed by atoms with Gasteiger partial charge in [-0.2, -0.15) is 13.2 Å². The number of hydrogen-bond donors (Lipinski definition) is 1. The Morgan fingerprint density at radius 2 is 2.03 bits per heavy atom. The lowest BCUT2D eigenvalue weighted by Crippen LogP contribution is -2.61. The van der Waals surface area contributed by atoms with Crippen molar-refractivity contribution in [2.75, 3.05) is 42.6 Å². The quantitative estimate of drug-likeness (QED) is 0.755. The van der Waals surface area contributed by atoms with Crippen molar-refractivity contribution in [2.45, 2.75) is 37.6 Å². The van der Waals surface area contributed by atoms with Crippen LogP contribution in [0.4, 0.5) is 24.8 Å². The normalized spacial score (nSPS) is 24.9. The van der Waals surface area contributed by atoms with Crippen LogP contribution in [0.25, 0.3) is 0 Å². The summed E-state index contributed by atoms with van der Waals surface area (Å²) in [5, 5.41) is 3.00. The number of alkyl halides is 3. The van der Waals surface area contributed by atoms with Crippen LogP contribution in [0.1, 0.15) is 24.0 Å². The van der Waals surface area contributed by atoms with E-state index in [1.165, 1.54) is 6.07 Å². The number of benzene rings is 1. The SMILES string of the molecule is O=C(NC[C@@H]1CCCO1)[C@H]1Cc2cc(C(F)(F)F)ccc2N2CCN(c3ncccn3)C[C@@H]12. The highest BCUT2D eigenvalue weighted by Gasteiger charge is 2.43. The number of piperazine rings is 1. The average Bonchev–Trinajstić information content (AvgIpc) is 3.35. The summed E-state index contributed by atoms with van der Waals surface area (Å²) < 4.78 is 45.7. The van der Waals surface area contributed by atoms with Gasteiger partial charge in [-0.05, 0) is 49.1 Å². The molecular formula is C23H26F3N5O2. The van der Waals surface area contributed by atoms with Crippen molar-refractivity contribution in [3.8, 4) is 0 Å². The van der Waals surface area contributed by atoms with Gasteiger partial charge in [-0.15, -0.1) is 0 Å². The van der Waals surface area contributed by atoms with Crippen LogP contribution in [0, 0.1) is 5.92 Å². The highest BCUT2D eigenvalue weighted by Crippen LogP contribution is 2.40. The van der Waals surface area contributed by atoms with Crippen molar-refractivity contribution in [2.24, 2.45) is 5.92 Å². The lowest BCUT2D eigenvalue weighted by molar-refractivity contribution is -0.137. The predicted molar refractivity (Wildman–Crippen MR) is 116 cm³/mol. The van der Waals surface area contributed by atoms with E-state index in [2.05, 4.69) is 20.2 Å². The molecule has 1 N–H and O–H groups in total. The summed E-state index contributed by atoms with van der Waals surface area (Å²) in [4.78, 5) is 26.1. The number of aromatic nitrogens is 2. The molecule has 1 aromatic heterocycles. The molecule has 1 amide bonds. The number of carbonyl (C=O) groups excluding carboxylic acids is 1. The Morgan fingerprint density at radius 1 is 1.21 bits per heavy atom. The third kappa shape index (κ3) is 4.48. The smallest absolute Gasteiger partial charge is 0.376 e. The molecule has 0 saturated carbocycles. The van der Waals surface area contributed by atoms with Crippen LogP contribution in [0.3, 0.4) is 0 Å². The van der Waals surface area contributed by atoms with Crippen LogP contribution in [0.5, 0.6) is 0 Å². The summed E-state index contributed by atoms with van der Waals surface area (Å²) in [7, 11) is 0. The van der Waals surface area contributed by atoms with Gasteiger partial charge in [-0.3, -0.25) is 4.79 Å². The Morgan fingerprint density at radius 3 is 2.76 bits per heavy atom. The van der Waals surface area contributed by atoms with Crippen molar-refractivity contribution < 1.29 is 22.7 Å². The first kappa shape index (κ1) is 21.9. The Balaban J connectivity index is 1.42. The van der Waals surface area contributed by atoms with Gasteiger partial charge in [0.25, 0.3) is 0 Å². The van der Waals surface area contributed by atoms with Crippen LogP contribution in [-0.2, 0) is 22.1 Å². The van der Waals surface area contributed by atoms with E-state index < -0.39 is 17.7 Å². The summed E-state index contributed by atoms with van der Waals surface area (Å²) >= 11 is 0. The van der Waals surface area contributed by atoms with Crippen molar-refractivity contribution >= 4 is 17.5 Å². The molecule has 1 aromatic carbocycles. The van der Waals surface area contributed by atoms with E-state index in [4.69, 9.17) is 4.74 Å². The molecule has 0 aliphatic carbocycles. The Kier molecular flexibility index (Phi) is 5.86. The van der Waals surface area contributed by atoms with E-state index in [1.807, 2.05) is 4.90 Å². The molecule has 2 aromatic rings. The molecule has 7 nitrogen and oxygen atoms in total. The molecule has 33 heavy (non-hydrogen) atoms. The zero-order chi connectivity index (χ0) is 23.0. The van der Waals surface area contributed by atoms with E-state index in [9.17, 15) is 18.0 Å². The molecule has 10 heteroatoms. The van der Waals surface area contributed by atoms with E-state index in [0.29, 0.717) is 44.3 Å². The first-order valence-electron chi connectivity index (χ1n) is 11.3. The fraction of sp³-hybridized carbons (Fsp3) is 0.522. The van der Waals surface area contributed by atoms with Crippen LogP contribution < -0.4 is 15.1 Å². The van der Waals surface area contributed by atoms with Crippen molar-refractivity contribution in [3.05, 3.63) is 47.8 Å². The molecule has 0 radical (unpaired) electrons. The standard InChI is InChI=1S/C23H26F3N5O2/c24-23(25,26)16-4-5-19-15(11-16)12-18(21(32)29-13-17-3-1-10-33-17)20-14-30(8-9-31(19)20)22-27-6-2-7-28-22/h2,4-7,11,17-18,20H,1,3,8-10,12-14H2,(H,29,32)/t17-,18-,20-/m0/s1. The number of ether oxygens (including phenoxy) is 1. The minimum atomic E-state index is -4.42. The van der Waals surface area contributed by atoms with Gasteiger partial charge in [0.2, 0.25) is 11.9 Å². The van der Waals surface area contributed by atoms with Crippen molar-refractivity contribution in [1.29, 1.82) is 0 Å². The summed E-state index contributed by atoms with van der Waals surface area (Å²) in [6, 6.07) is 5.41. The minimum Gasteiger partial charge on any atom is -0.376 e. The molecule has 0 unspecified atom stereocenters. The van der Waals surface area contributed by atoms with Crippen LogP contribution in [0.15, 0.2) is 36.7 Å². The highest BCUT2D eigenvalue weighted by atomic mass is 19.4. The third-order valence-corrected chi connectivity index (χ3v) is 6.74. The summed E-state index contributed by atoms with van der Waals surface area (Å²) in [5.74, 6) is -0.0535. The molecule has 3 aliphatic rings. The molecule has 3 aliphatic heterocycles. The maximum Gasteiger partial charge on any atom is 0.416 e. The molecule has 176 valence electrons. The maximum atomic E-state index is 13.4. The number of nitrogens with zero attached hydrogens (tertiary/aromatic N) is 4. The van der Waals surface area contributed by atoms with E-state index >= 15 is 0 Å². The fourth-order valence-electron chi connectivity index (χ4n) is 5.09. The molecule has 2 fully saturated rings. The predicted octanol–water partition coefficient (Wildman–Crippen LogP) is 2.66. The van der Waals surface area contributed by atoms with Gasteiger partial charge >= 0.3 is 6.18 Å². The molecule has 2 saturated heterocycles. The molecule has 5 rings (SSSR count). The summed E-state index contributed by atoms with van der Waals surface area (Å²) in [6.07, 6.45) is 1.05. The third-order valence-electron chi connectivity index (χ3n) is 6.74. The largest absolute Gasteiger partial charge is 0.416 e. The van der Waals surface area contributed by atoms with Gasteiger partial charge in [0.05, 0.1) is 23.6 Å². The van der Waals surface area contributed by atoms with Gasteiger partial charge in [0, 0.05) is 50.9 Å². The van der Waals surface area contributed by atoms with Crippen molar-refractivity contribution in [3.63, 3.8) is 0 Å². The minimum absolute atomic E-state index is 0.00154. The van der Waals surface area contributed by atoms with Gasteiger partial charge in [0.15, 0.2) is 0 Å². The van der Waals surface area contributed by atoms with Crippen molar-refractivity contribution in [1.82, 2.24) is 15.3 Å². The highest BCUT2D eigenvalue weighted by molar-refractivity contribution is 5.82. The van der Waals surface area contributed by atoms with Gasteiger partial charge < -0.3 is 19.9 Å². The number of hydrogen-bond acceptors (Lipinski definition) is 6. The number of rotatable bonds is 4. The number of amides is 1. The summed E-state index contributed by atoms with van der Waals surface area (Å²) in [5.41, 5.74) is 0.641. The second-order valence-corrected chi connectivity index (χ2v) is 8.79. The monoisotopic (exact) mass is 461 g/mol. The Hall–Kier alpha value is -2.88. The second-order valence-electron chi connectivity index (χ2n) is 8.79. The van der Waals surface area contributed by atoms with E-state index in [-0.39, 0.29) is 24.5 Å². The number of fused-ring (bicyclic) bond motifs is 3. The first-order chi connectivity index (χ1) is 15.9. The van der Waals surface area contributed by atoms with E-state index in [1.54, 1.807) is 24.5 Å². The molecular weight excluding hydrogens is 435 g/mol. The number of nitrogens with one attached hydrogen (secondary N) is 1. The molecule has 0 bridgehead atoms. The fourth-order valence-corrected chi connectivity index (χ4v) is 5.09. The average molecular weight is 461 g/mol. The topological polar surface area (TPSA) is 70.6 Å². The Labute approximate surface area is 189 Å². The molecule has 0 spiro atoms. The number of carbonyl (C=O) groups is 1. The van der Waals surface area contributed by atoms with Crippen LogP contribution in [-0.4, -0.2) is 60.8 Å². The van der Waals surface area contributed by atoms with E-state index in [0.717, 1.165) is 24.6 Å². The Bertz CT molecular complexity index is 997. The van der Waals surface area contributed by atoms with Gasteiger partial charge in [-0.25, -0.2) is 9.97 Å². The molecule has 3 atom stereocenters. The first-order valence-corrected chi connectivity index (χ1v) is 11.3. The summed E-state index contributed by atoms with van der Waals surface area (Å²) in [6.45, 7) is 2.81. The van der Waals surface area contributed by atoms with Gasteiger partial charge in [0.1, 0.15) is 0 Å². The number of anilines is 2. The maximum absolute atomic E-state index is 13.4. The lowest BCUT2D eigenvalue weighted by Gasteiger charge is -2.49. The lowest BCUT2D eigenvalue weighted by atomic mass is 9.82. The second kappa shape index (κ2) is 8.81. The van der Waals surface area contributed by atoms with Gasteiger partial charge in [-0.1, -0.05) is 0 Å². The van der Waals surface area contributed by atoms with Crippen LogP contribution in [0.2, 0.25) is 0 Å². The van der Waals surface area contributed by atoms with Crippen LogP contribution >= 0.6 is 0 Å².